The molecular formula is C23H26N2O4. The number of benzene rings is 2. The molecule has 1 aliphatic rings. The molecule has 0 saturated carbocycles. The molecule has 1 saturated heterocycles. The van der Waals surface area contributed by atoms with Gasteiger partial charge in [0.15, 0.2) is 0 Å². The van der Waals surface area contributed by atoms with Crippen LogP contribution in [-0.2, 0) is 11.3 Å². The summed E-state index contributed by atoms with van der Waals surface area (Å²) < 4.78 is 16.7. The van der Waals surface area contributed by atoms with Crippen molar-refractivity contribution in [3.8, 4) is 5.75 Å². The molecule has 3 aromatic rings. The summed E-state index contributed by atoms with van der Waals surface area (Å²) in [6, 6.07) is 16.0. The fourth-order valence-corrected chi connectivity index (χ4v) is 3.80. The Kier molecular flexibility index (Phi) is 5.71. The van der Waals surface area contributed by atoms with E-state index in [4.69, 9.17) is 13.9 Å². The lowest BCUT2D eigenvalue weighted by atomic mass is 10.1. The Balaban J connectivity index is 1.54. The standard InChI is InChI=1S/C23H26N2O4/c1-3-28-23(26)22-19-15-18(27-2)9-10-20(19)29-21(22)16-24-11-13-25(14-12-24)17-7-5-4-6-8-17/h4-10,15H,3,11-14,16H2,1-2H3. The Morgan fingerprint density at radius 1 is 1.07 bits per heavy atom. The maximum atomic E-state index is 12.7. The molecule has 152 valence electrons. The van der Waals surface area contributed by atoms with Gasteiger partial charge in [-0.3, -0.25) is 4.90 Å². The predicted octanol–water partition coefficient (Wildman–Crippen LogP) is 3.94. The predicted molar refractivity (Wildman–Crippen MR) is 113 cm³/mol. The highest BCUT2D eigenvalue weighted by Gasteiger charge is 2.26. The van der Waals surface area contributed by atoms with Crippen LogP contribution in [0.1, 0.15) is 23.0 Å². The SMILES string of the molecule is CCOC(=O)c1c(CN2CCN(c3ccccc3)CC2)oc2ccc(OC)cc12. The third-order valence-corrected chi connectivity index (χ3v) is 5.31. The van der Waals surface area contributed by atoms with Crippen LogP contribution < -0.4 is 9.64 Å². The number of rotatable bonds is 6. The zero-order chi connectivity index (χ0) is 20.2. The molecule has 6 heteroatoms. The van der Waals surface area contributed by atoms with Crippen LogP contribution in [0.15, 0.2) is 52.9 Å². The highest BCUT2D eigenvalue weighted by molar-refractivity contribution is 6.05. The zero-order valence-corrected chi connectivity index (χ0v) is 16.9. The summed E-state index contributed by atoms with van der Waals surface area (Å²) in [7, 11) is 1.61. The molecule has 0 atom stereocenters. The minimum atomic E-state index is -0.350. The molecular weight excluding hydrogens is 368 g/mol. The van der Waals surface area contributed by atoms with Gasteiger partial charge in [0, 0.05) is 37.3 Å². The summed E-state index contributed by atoms with van der Waals surface area (Å²) in [5.74, 6) is 0.990. The first-order chi connectivity index (χ1) is 14.2. The Morgan fingerprint density at radius 3 is 2.52 bits per heavy atom. The summed E-state index contributed by atoms with van der Waals surface area (Å²) in [6.07, 6.45) is 0. The third kappa shape index (κ3) is 4.07. The summed E-state index contributed by atoms with van der Waals surface area (Å²) in [4.78, 5) is 17.4. The van der Waals surface area contributed by atoms with Crippen molar-refractivity contribution in [3.63, 3.8) is 0 Å². The second-order valence-electron chi connectivity index (χ2n) is 7.08. The number of hydrogen-bond donors (Lipinski definition) is 0. The fourth-order valence-electron chi connectivity index (χ4n) is 3.80. The largest absolute Gasteiger partial charge is 0.497 e. The van der Waals surface area contributed by atoms with E-state index in [0.29, 0.717) is 35.8 Å². The van der Waals surface area contributed by atoms with Crippen molar-refractivity contribution in [3.05, 3.63) is 59.9 Å². The van der Waals surface area contributed by atoms with Gasteiger partial charge in [0.05, 0.1) is 20.3 Å². The van der Waals surface area contributed by atoms with Crippen molar-refractivity contribution >= 4 is 22.6 Å². The van der Waals surface area contributed by atoms with E-state index in [0.717, 1.165) is 31.6 Å². The molecule has 29 heavy (non-hydrogen) atoms. The maximum Gasteiger partial charge on any atom is 0.342 e. The maximum absolute atomic E-state index is 12.7. The molecule has 1 aliphatic heterocycles. The van der Waals surface area contributed by atoms with Gasteiger partial charge in [-0.2, -0.15) is 0 Å². The highest BCUT2D eigenvalue weighted by atomic mass is 16.5. The van der Waals surface area contributed by atoms with Crippen LogP contribution in [0, 0.1) is 0 Å². The van der Waals surface area contributed by atoms with Crippen LogP contribution in [-0.4, -0.2) is 50.8 Å². The number of hydrogen-bond acceptors (Lipinski definition) is 6. The van der Waals surface area contributed by atoms with E-state index >= 15 is 0 Å². The van der Waals surface area contributed by atoms with E-state index in [-0.39, 0.29) is 5.97 Å². The second kappa shape index (κ2) is 8.57. The summed E-state index contributed by atoms with van der Waals surface area (Å²) >= 11 is 0. The van der Waals surface area contributed by atoms with Gasteiger partial charge in [-0.25, -0.2) is 4.79 Å². The quantitative estimate of drug-likeness (QED) is 0.591. The molecule has 6 nitrogen and oxygen atoms in total. The van der Waals surface area contributed by atoms with Crippen molar-refractivity contribution in [1.29, 1.82) is 0 Å². The Labute approximate surface area is 170 Å². The van der Waals surface area contributed by atoms with Crippen LogP contribution in [0.4, 0.5) is 5.69 Å². The molecule has 0 unspecified atom stereocenters. The molecule has 0 radical (unpaired) electrons. The number of ether oxygens (including phenoxy) is 2. The number of methoxy groups -OCH3 is 1. The van der Waals surface area contributed by atoms with Gasteiger partial charge in [-0.15, -0.1) is 0 Å². The van der Waals surface area contributed by atoms with E-state index in [2.05, 4.69) is 34.1 Å². The number of nitrogens with zero attached hydrogens (tertiary/aromatic N) is 2. The van der Waals surface area contributed by atoms with Gasteiger partial charge in [0.25, 0.3) is 0 Å². The van der Waals surface area contributed by atoms with Crippen LogP contribution in [0.2, 0.25) is 0 Å². The molecule has 0 amide bonds. The van der Waals surface area contributed by atoms with Crippen LogP contribution in [0.3, 0.4) is 0 Å². The van der Waals surface area contributed by atoms with E-state index in [1.165, 1.54) is 5.69 Å². The average molecular weight is 394 g/mol. The number of fused-ring (bicyclic) bond motifs is 1. The highest BCUT2D eigenvalue weighted by Crippen LogP contribution is 2.31. The smallest absolute Gasteiger partial charge is 0.342 e. The number of carbonyl (C=O) groups is 1. The molecule has 1 fully saturated rings. The number of esters is 1. The Bertz CT molecular complexity index is 975. The molecule has 0 N–H and O–H groups in total. The molecule has 2 aromatic carbocycles. The van der Waals surface area contributed by atoms with E-state index in [9.17, 15) is 4.79 Å². The van der Waals surface area contributed by atoms with Crippen LogP contribution in [0.25, 0.3) is 11.0 Å². The number of carbonyl (C=O) groups excluding carboxylic acids is 1. The van der Waals surface area contributed by atoms with Crippen molar-refractivity contribution in [2.45, 2.75) is 13.5 Å². The fraction of sp³-hybridized carbons (Fsp3) is 0.348. The Morgan fingerprint density at radius 2 is 1.83 bits per heavy atom. The molecule has 1 aromatic heterocycles. The van der Waals surface area contributed by atoms with Gasteiger partial charge >= 0.3 is 5.97 Å². The van der Waals surface area contributed by atoms with Gasteiger partial charge in [0.2, 0.25) is 0 Å². The molecule has 4 rings (SSSR count). The second-order valence-corrected chi connectivity index (χ2v) is 7.08. The van der Waals surface area contributed by atoms with Crippen LogP contribution in [0.5, 0.6) is 5.75 Å². The first kappa shape index (κ1) is 19.3. The lowest BCUT2D eigenvalue weighted by molar-refractivity contribution is 0.0524. The molecule has 0 bridgehead atoms. The van der Waals surface area contributed by atoms with Gasteiger partial charge in [-0.05, 0) is 37.3 Å². The van der Waals surface area contributed by atoms with E-state index in [1.54, 1.807) is 7.11 Å². The molecule has 0 aliphatic carbocycles. The normalized spacial score (nSPS) is 14.9. The van der Waals surface area contributed by atoms with Crippen molar-refractivity contribution in [1.82, 2.24) is 4.90 Å². The molecule has 2 heterocycles. The monoisotopic (exact) mass is 394 g/mol. The number of anilines is 1. The first-order valence-electron chi connectivity index (χ1n) is 9.98. The minimum absolute atomic E-state index is 0.324. The number of para-hydroxylation sites is 1. The summed E-state index contributed by atoms with van der Waals surface area (Å²) in [5.41, 5.74) is 2.42. The number of piperazine rings is 1. The summed E-state index contributed by atoms with van der Waals surface area (Å²) in [5, 5.41) is 0.737. The van der Waals surface area contributed by atoms with Gasteiger partial charge in [0.1, 0.15) is 22.7 Å². The van der Waals surface area contributed by atoms with Crippen molar-refractivity contribution in [2.75, 3.05) is 44.8 Å². The molecule has 0 spiro atoms. The zero-order valence-electron chi connectivity index (χ0n) is 16.9. The Hall–Kier alpha value is -2.99. The van der Waals surface area contributed by atoms with Crippen LogP contribution >= 0.6 is 0 Å². The van der Waals surface area contributed by atoms with Gasteiger partial charge < -0.3 is 18.8 Å². The summed E-state index contributed by atoms with van der Waals surface area (Å²) in [6.45, 7) is 6.39. The third-order valence-electron chi connectivity index (χ3n) is 5.31. The van der Waals surface area contributed by atoms with E-state index in [1.807, 2.05) is 31.2 Å². The topological polar surface area (TPSA) is 55.2 Å². The van der Waals surface area contributed by atoms with Crippen molar-refractivity contribution in [2.24, 2.45) is 0 Å². The van der Waals surface area contributed by atoms with Gasteiger partial charge in [-0.1, -0.05) is 18.2 Å². The first-order valence-corrected chi connectivity index (χ1v) is 9.98. The van der Waals surface area contributed by atoms with E-state index < -0.39 is 0 Å². The average Bonchev–Trinajstić information content (AvgIpc) is 3.12. The number of furan rings is 1. The minimum Gasteiger partial charge on any atom is -0.497 e. The lowest BCUT2D eigenvalue weighted by Crippen LogP contribution is -2.46. The lowest BCUT2D eigenvalue weighted by Gasteiger charge is -2.35. The van der Waals surface area contributed by atoms with Crippen molar-refractivity contribution < 1.29 is 18.7 Å².